The molecule has 3 rings (SSSR count). The Bertz CT molecular complexity index is 711. The Morgan fingerprint density at radius 1 is 1.31 bits per heavy atom. The summed E-state index contributed by atoms with van der Waals surface area (Å²) in [5.74, 6) is 0.810. The molecule has 2 N–H and O–H groups in total. The number of benzene rings is 1. The van der Waals surface area contributed by atoms with Crippen LogP contribution in [0.5, 0.6) is 0 Å². The Morgan fingerprint density at radius 3 is 2.62 bits per heavy atom. The Morgan fingerprint density at radius 2 is 2.03 bits per heavy atom. The molecular formula is C22H34ClN3O3. The molecule has 1 atom stereocenters. The second-order valence-electron chi connectivity index (χ2n) is 8.41. The number of anilines is 1. The third-order valence-corrected chi connectivity index (χ3v) is 6.30. The van der Waals surface area contributed by atoms with Crippen LogP contribution in [0.4, 0.5) is 5.69 Å². The van der Waals surface area contributed by atoms with Gasteiger partial charge in [-0.3, -0.25) is 9.59 Å². The van der Waals surface area contributed by atoms with E-state index >= 15 is 0 Å². The maximum atomic E-state index is 13.0. The van der Waals surface area contributed by atoms with Crippen molar-refractivity contribution in [2.75, 3.05) is 45.2 Å². The molecule has 0 spiro atoms. The number of nitrogens with one attached hydrogen (secondary N) is 2. The van der Waals surface area contributed by atoms with Gasteiger partial charge in [0.1, 0.15) is 0 Å². The van der Waals surface area contributed by atoms with Crippen molar-refractivity contribution in [3.05, 3.63) is 29.3 Å². The quantitative estimate of drug-likeness (QED) is 0.736. The van der Waals surface area contributed by atoms with Crippen LogP contribution in [0.2, 0.25) is 0 Å². The highest BCUT2D eigenvalue weighted by Gasteiger charge is 2.41. The second-order valence-corrected chi connectivity index (χ2v) is 8.41. The summed E-state index contributed by atoms with van der Waals surface area (Å²) < 4.78 is 5.21. The molecule has 0 saturated carbocycles. The average molecular weight is 424 g/mol. The zero-order valence-corrected chi connectivity index (χ0v) is 18.6. The van der Waals surface area contributed by atoms with Crippen molar-refractivity contribution in [3.8, 4) is 0 Å². The predicted molar refractivity (Wildman–Crippen MR) is 118 cm³/mol. The van der Waals surface area contributed by atoms with Crippen LogP contribution in [0.15, 0.2) is 18.2 Å². The first kappa shape index (κ1) is 23.6. The van der Waals surface area contributed by atoms with Crippen molar-refractivity contribution in [2.24, 2.45) is 11.3 Å². The number of ether oxygens (including phenoxy) is 1. The lowest BCUT2D eigenvalue weighted by Crippen LogP contribution is -2.39. The normalized spacial score (nSPS) is 22.2. The average Bonchev–Trinajstić information content (AvgIpc) is 3.18. The highest BCUT2D eigenvalue weighted by Crippen LogP contribution is 2.32. The molecule has 1 unspecified atom stereocenters. The summed E-state index contributed by atoms with van der Waals surface area (Å²) in [6.07, 6.45) is 3.64. The summed E-state index contributed by atoms with van der Waals surface area (Å²) in [4.78, 5) is 27.7. The lowest BCUT2D eigenvalue weighted by Gasteiger charge is -2.30. The van der Waals surface area contributed by atoms with Gasteiger partial charge in [-0.15, -0.1) is 12.4 Å². The van der Waals surface area contributed by atoms with Gasteiger partial charge in [0, 0.05) is 44.6 Å². The van der Waals surface area contributed by atoms with E-state index in [-0.39, 0.29) is 24.2 Å². The van der Waals surface area contributed by atoms with Gasteiger partial charge in [0.2, 0.25) is 5.91 Å². The maximum Gasteiger partial charge on any atom is 0.253 e. The van der Waals surface area contributed by atoms with Gasteiger partial charge in [0.15, 0.2) is 0 Å². The van der Waals surface area contributed by atoms with Gasteiger partial charge in [-0.05, 0) is 68.8 Å². The van der Waals surface area contributed by atoms with Gasteiger partial charge in [0.25, 0.3) is 5.91 Å². The molecule has 0 radical (unpaired) electrons. The van der Waals surface area contributed by atoms with Crippen LogP contribution in [0.1, 0.15) is 48.5 Å². The van der Waals surface area contributed by atoms with E-state index in [1.165, 1.54) is 0 Å². The number of hydrogen-bond donors (Lipinski definition) is 2. The van der Waals surface area contributed by atoms with Gasteiger partial charge in [-0.2, -0.15) is 0 Å². The minimum Gasteiger partial charge on any atom is -0.385 e. The number of methoxy groups -OCH3 is 1. The molecule has 1 aromatic carbocycles. The van der Waals surface area contributed by atoms with Gasteiger partial charge in [-0.25, -0.2) is 0 Å². The molecular weight excluding hydrogens is 390 g/mol. The zero-order chi connectivity index (χ0) is 20.1. The molecule has 2 saturated heterocycles. The van der Waals surface area contributed by atoms with Crippen molar-refractivity contribution in [1.82, 2.24) is 10.2 Å². The molecule has 2 amide bonds. The van der Waals surface area contributed by atoms with Crippen LogP contribution >= 0.6 is 12.4 Å². The van der Waals surface area contributed by atoms with Gasteiger partial charge < -0.3 is 20.3 Å². The molecule has 2 aliphatic heterocycles. The highest BCUT2D eigenvalue weighted by molar-refractivity contribution is 5.98. The third-order valence-electron chi connectivity index (χ3n) is 6.30. The zero-order valence-electron chi connectivity index (χ0n) is 17.8. The monoisotopic (exact) mass is 423 g/mol. The standard InChI is InChI=1S/C22H33N3O3.ClH/c1-16-6-11-25(12-7-16)20(26)18-4-5-19(17(2)14-18)24-21(27)22(9-13-28-3)8-10-23-15-22;/h4-5,14,16,23H,6-13,15H2,1-3H3,(H,24,27);1H. The van der Waals surface area contributed by atoms with Crippen molar-refractivity contribution >= 4 is 29.9 Å². The number of aryl methyl sites for hydroxylation is 1. The molecule has 2 heterocycles. The lowest BCUT2D eigenvalue weighted by atomic mass is 9.82. The van der Waals surface area contributed by atoms with E-state index in [1.54, 1.807) is 7.11 Å². The summed E-state index contributed by atoms with van der Waals surface area (Å²) in [5.41, 5.74) is 1.96. The van der Waals surface area contributed by atoms with E-state index < -0.39 is 5.41 Å². The number of halogens is 1. The molecule has 2 aliphatic rings. The number of likely N-dealkylation sites (tertiary alicyclic amines) is 1. The number of amides is 2. The Balaban J connectivity index is 0.00000300. The van der Waals surface area contributed by atoms with Gasteiger partial charge in [-0.1, -0.05) is 6.92 Å². The molecule has 7 heteroatoms. The molecule has 6 nitrogen and oxygen atoms in total. The molecule has 1 aromatic rings. The van der Waals surface area contributed by atoms with Crippen LogP contribution in [-0.2, 0) is 9.53 Å². The molecule has 29 heavy (non-hydrogen) atoms. The largest absolute Gasteiger partial charge is 0.385 e. The number of nitrogens with zero attached hydrogens (tertiary/aromatic N) is 1. The Kier molecular flexibility index (Phi) is 8.49. The fourth-order valence-electron chi connectivity index (χ4n) is 4.15. The number of rotatable bonds is 6. The third kappa shape index (κ3) is 5.50. The van der Waals surface area contributed by atoms with E-state index in [0.717, 1.165) is 50.1 Å². The molecule has 2 fully saturated rings. The number of hydrogen-bond acceptors (Lipinski definition) is 4. The van der Waals surface area contributed by atoms with Crippen molar-refractivity contribution in [1.29, 1.82) is 0 Å². The Labute approximate surface area is 180 Å². The first-order chi connectivity index (χ1) is 13.4. The highest BCUT2D eigenvalue weighted by atomic mass is 35.5. The second kappa shape index (κ2) is 10.4. The van der Waals surface area contributed by atoms with Crippen LogP contribution in [0, 0.1) is 18.3 Å². The predicted octanol–water partition coefficient (Wildman–Crippen LogP) is 3.24. The van der Waals surface area contributed by atoms with Crippen LogP contribution in [0.3, 0.4) is 0 Å². The van der Waals surface area contributed by atoms with E-state index in [0.29, 0.717) is 31.1 Å². The van der Waals surface area contributed by atoms with Gasteiger partial charge in [0.05, 0.1) is 5.41 Å². The summed E-state index contributed by atoms with van der Waals surface area (Å²) in [5, 5.41) is 6.39. The fraction of sp³-hybridized carbons (Fsp3) is 0.636. The number of carbonyl (C=O) groups excluding carboxylic acids is 2. The molecule has 0 aliphatic carbocycles. The number of piperidine rings is 1. The van der Waals surface area contributed by atoms with E-state index in [9.17, 15) is 9.59 Å². The van der Waals surface area contributed by atoms with Crippen molar-refractivity contribution in [2.45, 2.75) is 39.5 Å². The smallest absolute Gasteiger partial charge is 0.253 e. The Hall–Kier alpha value is -1.63. The fourth-order valence-corrected chi connectivity index (χ4v) is 4.15. The maximum absolute atomic E-state index is 13.0. The SMILES string of the molecule is COCCC1(C(=O)Nc2ccc(C(=O)N3CCC(C)CC3)cc2C)CCNC1.Cl. The first-order valence-corrected chi connectivity index (χ1v) is 10.4. The van der Waals surface area contributed by atoms with Crippen LogP contribution < -0.4 is 10.6 Å². The lowest BCUT2D eigenvalue weighted by molar-refractivity contribution is -0.125. The van der Waals surface area contributed by atoms with Gasteiger partial charge >= 0.3 is 0 Å². The summed E-state index contributed by atoms with van der Waals surface area (Å²) >= 11 is 0. The number of carbonyl (C=O) groups is 2. The summed E-state index contributed by atoms with van der Waals surface area (Å²) in [6.45, 7) is 7.92. The van der Waals surface area contributed by atoms with E-state index in [1.807, 2.05) is 30.0 Å². The van der Waals surface area contributed by atoms with Crippen LogP contribution in [0.25, 0.3) is 0 Å². The van der Waals surface area contributed by atoms with E-state index in [2.05, 4.69) is 17.6 Å². The first-order valence-electron chi connectivity index (χ1n) is 10.4. The molecule has 162 valence electrons. The van der Waals surface area contributed by atoms with Crippen molar-refractivity contribution < 1.29 is 14.3 Å². The van der Waals surface area contributed by atoms with Crippen molar-refractivity contribution in [3.63, 3.8) is 0 Å². The molecule has 0 aromatic heterocycles. The topological polar surface area (TPSA) is 70.7 Å². The minimum atomic E-state index is -0.429. The van der Waals surface area contributed by atoms with Crippen LogP contribution in [-0.4, -0.2) is 56.6 Å². The summed E-state index contributed by atoms with van der Waals surface area (Å²) in [7, 11) is 1.66. The minimum absolute atomic E-state index is 0. The van der Waals surface area contributed by atoms with E-state index in [4.69, 9.17) is 4.74 Å². The summed E-state index contributed by atoms with van der Waals surface area (Å²) in [6, 6.07) is 5.59. The molecule has 0 bridgehead atoms.